The number of hydrogen-bond acceptors (Lipinski definition) is 2. The van der Waals surface area contributed by atoms with Crippen LogP contribution in [0.3, 0.4) is 0 Å². The minimum absolute atomic E-state index is 0.0700. The molecule has 2 aromatic rings. The Morgan fingerprint density at radius 2 is 1.53 bits per heavy atom. The second-order valence-corrected chi connectivity index (χ2v) is 4.86. The molecule has 0 aliphatic heterocycles. The minimum atomic E-state index is 0.0700. The highest BCUT2D eigenvalue weighted by molar-refractivity contribution is 5.21. The fourth-order valence-electron chi connectivity index (χ4n) is 2.06. The molecule has 0 saturated heterocycles. The standard InChI is InChI=1S/C17H21NO/c1-14(17(18)15-8-4-2-5-9-15)12-13-19-16-10-6-3-7-11-16/h2-11,14,17H,12-13,18H2,1H3. The molecule has 0 spiro atoms. The summed E-state index contributed by atoms with van der Waals surface area (Å²) in [6, 6.07) is 20.2. The summed E-state index contributed by atoms with van der Waals surface area (Å²) in [7, 11) is 0. The molecule has 100 valence electrons. The summed E-state index contributed by atoms with van der Waals surface area (Å²) in [5.74, 6) is 1.31. The van der Waals surface area contributed by atoms with Gasteiger partial charge in [0.2, 0.25) is 0 Å². The Morgan fingerprint density at radius 3 is 2.16 bits per heavy atom. The van der Waals surface area contributed by atoms with Crippen molar-refractivity contribution in [1.82, 2.24) is 0 Å². The third-order valence-corrected chi connectivity index (χ3v) is 3.38. The van der Waals surface area contributed by atoms with Crippen molar-refractivity contribution in [3.8, 4) is 5.75 Å². The van der Waals surface area contributed by atoms with Crippen LogP contribution in [0.2, 0.25) is 0 Å². The van der Waals surface area contributed by atoms with Crippen molar-refractivity contribution < 1.29 is 4.74 Å². The molecule has 2 nitrogen and oxygen atoms in total. The molecule has 0 radical (unpaired) electrons. The van der Waals surface area contributed by atoms with Gasteiger partial charge < -0.3 is 10.5 Å². The summed E-state index contributed by atoms with van der Waals surface area (Å²) in [5, 5.41) is 0. The molecule has 0 bridgehead atoms. The first-order valence-electron chi connectivity index (χ1n) is 6.76. The summed E-state index contributed by atoms with van der Waals surface area (Å²) in [5.41, 5.74) is 7.45. The van der Waals surface area contributed by atoms with Gasteiger partial charge in [-0.15, -0.1) is 0 Å². The molecule has 0 aromatic heterocycles. The van der Waals surface area contributed by atoms with Gasteiger partial charge in [-0.2, -0.15) is 0 Å². The summed E-state index contributed by atoms with van der Waals surface area (Å²) in [6.45, 7) is 2.87. The molecule has 0 aliphatic rings. The number of nitrogens with two attached hydrogens (primary N) is 1. The van der Waals surface area contributed by atoms with E-state index in [1.807, 2.05) is 48.5 Å². The Bertz CT molecular complexity index is 469. The second-order valence-electron chi connectivity index (χ2n) is 4.86. The van der Waals surface area contributed by atoms with Crippen molar-refractivity contribution in [2.75, 3.05) is 6.61 Å². The molecule has 2 aromatic carbocycles. The van der Waals surface area contributed by atoms with Gasteiger partial charge in [0, 0.05) is 6.04 Å². The van der Waals surface area contributed by atoms with Crippen molar-refractivity contribution in [2.45, 2.75) is 19.4 Å². The van der Waals surface area contributed by atoms with Crippen molar-refractivity contribution in [3.63, 3.8) is 0 Å². The summed E-state index contributed by atoms with van der Waals surface area (Å²) in [6.07, 6.45) is 0.949. The average molecular weight is 255 g/mol. The molecule has 0 heterocycles. The molecule has 0 aliphatic carbocycles. The Hall–Kier alpha value is -1.80. The van der Waals surface area contributed by atoms with Gasteiger partial charge >= 0.3 is 0 Å². The van der Waals surface area contributed by atoms with Gasteiger partial charge in [-0.3, -0.25) is 0 Å². The van der Waals surface area contributed by atoms with E-state index in [1.165, 1.54) is 5.56 Å². The Kier molecular flexibility index (Phi) is 4.99. The molecule has 2 rings (SSSR count). The second kappa shape index (κ2) is 6.95. The maximum absolute atomic E-state index is 6.26. The van der Waals surface area contributed by atoms with Crippen molar-refractivity contribution in [1.29, 1.82) is 0 Å². The van der Waals surface area contributed by atoms with Crippen LogP contribution in [0.1, 0.15) is 24.9 Å². The fraction of sp³-hybridized carbons (Fsp3) is 0.294. The third kappa shape index (κ3) is 4.11. The topological polar surface area (TPSA) is 35.2 Å². The predicted molar refractivity (Wildman–Crippen MR) is 79.1 cm³/mol. The molecule has 19 heavy (non-hydrogen) atoms. The quantitative estimate of drug-likeness (QED) is 0.852. The zero-order valence-electron chi connectivity index (χ0n) is 11.3. The molecule has 2 heteroatoms. The Balaban J connectivity index is 1.80. The number of hydrogen-bond donors (Lipinski definition) is 1. The van der Waals surface area contributed by atoms with Crippen molar-refractivity contribution >= 4 is 0 Å². The van der Waals surface area contributed by atoms with E-state index in [0.29, 0.717) is 12.5 Å². The van der Waals surface area contributed by atoms with Gasteiger partial charge in [0.15, 0.2) is 0 Å². The lowest BCUT2D eigenvalue weighted by Crippen LogP contribution is -2.20. The van der Waals surface area contributed by atoms with Crippen LogP contribution < -0.4 is 10.5 Å². The van der Waals surface area contributed by atoms with Crippen LogP contribution in [0.15, 0.2) is 60.7 Å². The summed E-state index contributed by atoms with van der Waals surface area (Å²) >= 11 is 0. The van der Waals surface area contributed by atoms with E-state index in [9.17, 15) is 0 Å². The smallest absolute Gasteiger partial charge is 0.119 e. The SMILES string of the molecule is CC(CCOc1ccccc1)C(N)c1ccccc1. The molecular formula is C17H21NO. The van der Waals surface area contributed by atoms with E-state index in [4.69, 9.17) is 10.5 Å². The fourth-order valence-corrected chi connectivity index (χ4v) is 2.06. The Labute approximate surface area is 115 Å². The van der Waals surface area contributed by atoms with Crippen LogP contribution in [-0.2, 0) is 0 Å². The first-order valence-corrected chi connectivity index (χ1v) is 6.76. The van der Waals surface area contributed by atoms with Crippen LogP contribution in [0.5, 0.6) is 5.75 Å². The Morgan fingerprint density at radius 1 is 0.947 bits per heavy atom. The van der Waals surface area contributed by atoms with Gasteiger partial charge in [0.25, 0.3) is 0 Å². The first-order chi connectivity index (χ1) is 9.27. The molecule has 0 fully saturated rings. The normalized spacial score (nSPS) is 13.8. The summed E-state index contributed by atoms with van der Waals surface area (Å²) < 4.78 is 5.71. The maximum Gasteiger partial charge on any atom is 0.119 e. The largest absolute Gasteiger partial charge is 0.494 e. The van der Waals surface area contributed by atoms with Crippen LogP contribution in [0.4, 0.5) is 0 Å². The highest BCUT2D eigenvalue weighted by Gasteiger charge is 2.14. The zero-order valence-corrected chi connectivity index (χ0v) is 11.3. The zero-order chi connectivity index (χ0) is 13.5. The van der Waals surface area contributed by atoms with Gasteiger partial charge in [-0.05, 0) is 30.0 Å². The van der Waals surface area contributed by atoms with Crippen molar-refractivity contribution in [3.05, 3.63) is 66.2 Å². The van der Waals surface area contributed by atoms with E-state index >= 15 is 0 Å². The third-order valence-electron chi connectivity index (χ3n) is 3.38. The predicted octanol–water partition coefficient (Wildman–Crippen LogP) is 3.79. The van der Waals surface area contributed by atoms with Crippen LogP contribution >= 0.6 is 0 Å². The molecular weight excluding hydrogens is 234 g/mol. The minimum Gasteiger partial charge on any atom is -0.494 e. The van der Waals surface area contributed by atoms with Gasteiger partial charge in [0.05, 0.1) is 6.61 Å². The number of benzene rings is 2. The molecule has 2 unspecified atom stereocenters. The lowest BCUT2D eigenvalue weighted by atomic mass is 9.93. The van der Waals surface area contributed by atoms with E-state index < -0.39 is 0 Å². The van der Waals surface area contributed by atoms with Gasteiger partial charge in [0.1, 0.15) is 5.75 Å². The van der Waals surface area contributed by atoms with Gasteiger partial charge in [-0.1, -0.05) is 55.5 Å². The lowest BCUT2D eigenvalue weighted by Gasteiger charge is -2.20. The van der Waals surface area contributed by atoms with E-state index in [-0.39, 0.29) is 6.04 Å². The highest BCUT2D eigenvalue weighted by atomic mass is 16.5. The van der Waals surface area contributed by atoms with Crippen LogP contribution in [0.25, 0.3) is 0 Å². The number of ether oxygens (including phenoxy) is 1. The number of rotatable bonds is 6. The van der Waals surface area contributed by atoms with E-state index in [1.54, 1.807) is 0 Å². The van der Waals surface area contributed by atoms with E-state index in [2.05, 4.69) is 19.1 Å². The van der Waals surface area contributed by atoms with Crippen molar-refractivity contribution in [2.24, 2.45) is 11.7 Å². The van der Waals surface area contributed by atoms with E-state index in [0.717, 1.165) is 12.2 Å². The number of para-hydroxylation sites is 1. The van der Waals surface area contributed by atoms with Crippen LogP contribution in [0, 0.1) is 5.92 Å². The monoisotopic (exact) mass is 255 g/mol. The molecule has 0 amide bonds. The highest BCUT2D eigenvalue weighted by Crippen LogP contribution is 2.22. The first kappa shape index (κ1) is 13.6. The van der Waals surface area contributed by atoms with Crippen LogP contribution in [-0.4, -0.2) is 6.61 Å². The van der Waals surface area contributed by atoms with Gasteiger partial charge in [-0.25, -0.2) is 0 Å². The molecule has 2 N–H and O–H groups in total. The summed E-state index contributed by atoms with van der Waals surface area (Å²) in [4.78, 5) is 0. The molecule has 2 atom stereocenters. The molecule has 0 saturated carbocycles. The average Bonchev–Trinajstić information content (AvgIpc) is 2.48. The lowest BCUT2D eigenvalue weighted by molar-refractivity contribution is 0.270. The maximum atomic E-state index is 6.26.